The van der Waals surface area contributed by atoms with E-state index in [0.29, 0.717) is 0 Å². The van der Waals surface area contributed by atoms with E-state index in [1.807, 2.05) is 0 Å². The monoisotopic (exact) mass is 181 g/mol. The molecule has 0 aromatic carbocycles. The van der Waals surface area contributed by atoms with Crippen LogP contribution in [-0.4, -0.2) is 13.1 Å². The van der Waals surface area contributed by atoms with Crippen molar-refractivity contribution in [2.45, 2.75) is 40.5 Å². The molecule has 0 saturated carbocycles. The molecule has 1 rings (SSSR count). The van der Waals surface area contributed by atoms with Gasteiger partial charge in [-0.3, -0.25) is 0 Å². The molecule has 1 heteroatoms. The summed E-state index contributed by atoms with van der Waals surface area (Å²) in [4.78, 5) is 0. The lowest BCUT2D eigenvalue weighted by Gasteiger charge is -2.25. The van der Waals surface area contributed by atoms with E-state index in [4.69, 9.17) is 0 Å². The molecule has 1 heterocycles. The van der Waals surface area contributed by atoms with Crippen molar-refractivity contribution in [2.75, 3.05) is 13.1 Å². The third-order valence-electron chi connectivity index (χ3n) is 2.86. The van der Waals surface area contributed by atoms with Gasteiger partial charge >= 0.3 is 0 Å². The predicted octanol–water partition coefficient (Wildman–Crippen LogP) is 2.98. The molecule has 0 aliphatic carbocycles. The highest BCUT2D eigenvalue weighted by molar-refractivity contribution is 5.19. The van der Waals surface area contributed by atoms with Gasteiger partial charge in [0.1, 0.15) is 0 Å². The summed E-state index contributed by atoms with van der Waals surface area (Å²) in [6.45, 7) is 11.7. The number of nitrogens with one attached hydrogen (secondary N) is 1. The van der Waals surface area contributed by atoms with Gasteiger partial charge in [0.15, 0.2) is 0 Å². The second-order valence-corrected chi connectivity index (χ2v) is 4.62. The SMILES string of the molecule is CC(C)C(=C1CCNCC1)C(C)C. The Kier molecular flexibility index (Phi) is 3.98. The van der Waals surface area contributed by atoms with E-state index in [9.17, 15) is 0 Å². The van der Waals surface area contributed by atoms with Crippen LogP contribution in [0.5, 0.6) is 0 Å². The number of allylic oxidation sites excluding steroid dienone is 1. The highest BCUT2D eigenvalue weighted by Crippen LogP contribution is 2.27. The number of hydrogen-bond acceptors (Lipinski definition) is 1. The molecule has 76 valence electrons. The van der Waals surface area contributed by atoms with E-state index in [1.165, 1.54) is 25.9 Å². The van der Waals surface area contributed by atoms with Crippen LogP contribution in [0, 0.1) is 11.8 Å². The van der Waals surface area contributed by atoms with Gasteiger partial charge < -0.3 is 5.32 Å². The lowest BCUT2D eigenvalue weighted by Crippen LogP contribution is -2.25. The lowest BCUT2D eigenvalue weighted by molar-refractivity contribution is 0.552. The van der Waals surface area contributed by atoms with Crippen molar-refractivity contribution in [3.8, 4) is 0 Å². The average Bonchev–Trinajstić information content (AvgIpc) is 2.04. The predicted molar refractivity (Wildman–Crippen MR) is 58.8 cm³/mol. The Hall–Kier alpha value is -0.300. The van der Waals surface area contributed by atoms with Crippen LogP contribution < -0.4 is 5.32 Å². The summed E-state index contributed by atoms with van der Waals surface area (Å²) >= 11 is 0. The minimum Gasteiger partial charge on any atom is -0.316 e. The summed E-state index contributed by atoms with van der Waals surface area (Å²) in [6.07, 6.45) is 2.54. The van der Waals surface area contributed by atoms with Crippen LogP contribution in [0.1, 0.15) is 40.5 Å². The van der Waals surface area contributed by atoms with Crippen LogP contribution in [0.15, 0.2) is 11.1 Å². The largest absolute Gasteiger partial charge is 0.316 e. The zero-order valence-corrected chi connectivity index (χ0v) is 9.48. The first-order chi connectivity index (χ1) is 6.13. The van der Waals surface area contributed by atoms with Gasteiger partial charge in [-0.05, 0) is 37.8 Å². The standard InChI is InChI=1S/C12H23N/c1-9(2)12(10(3)4)11-5-7-13-8-6-11/h9-10,13H,5-8H2,1-4H3. The van der Waals surface area contributed by atoms with Crippen molar-refractivity contribution in [1.29, 1.82) is 0 Å². The van der Waals surface area contributed by atoms with Crippen LogP contribution in [0.25, 0.3) is 0 Å². The van der Waals surface area contributed by atoms with E-state index in [0.717, 1.165) is 11.8 Å². The van der Waals surface area contributed by atoms with Crippen molar-refractivity contribution < 1.29 is 0 Å². The van der Waals surface area contributed by atoms with Gasteiger partial charge in [-0.1, -0.05) is 38.8 Å². The molecule has 0 spiro atoms. The molecule has 13 heavy (non-hydrogen) atoms. The summed E-state index contributed by atoms with van der Waals surface area (Å²) in [5, 5.41) is 3.41. The first-order valence-electron chi connectivity index (χ1n) is 5.55. The smallest absolute Gasteiger partial charge is 0.00114 e. The minimum absolute atomic E-state index is 0.730. The lowest BCUT2D eigenvalue weighted by atomic mass is 9.85. The van der Waals surface area contributed by atoms with Crippen LogP contribution >= 0.6 is 0 Å². The van der Waals surface area contributed by atoms with E-state index >= 15 is 0 Å². The zero-order valence-electron chi connectivity index (χ0n) is 9.48. The van der Waals surface area contributed by atoms with Crippen LogP contribution in [0.2, 0.25) is 0 Å². The number of piperidine rings is 1. The summed E-state index contributed by atoms with van der Waals surface area (Å²) < 4.78 is 0. The fraction of sp³-hybridized carbons (Fsp3) is 0.833. The van der Waals surface area contributed by atoms with Crippen LogP contribution in [0.4, 0.5) is 0 Å². The van der Waals surface area contributed by atoms with E-state index < -0.39 is 0 Å². The first kappa shape index (κ1) is 10.8. The van der Waals surface area contributed by atoms with Crippen molar-refractivity contribution >= 4 is 0 Å². The molecule has 1 N–H and O–H groups in total. The van der Waals surface area contributed by atoms with Gasteiger partial charge in [0.05, 0.1) is 0 Å². The second-order valence-electron chi connectivity index (χ2n) is 4.62. The Bertz CT molecular complexity index is 171. The second kappa shape index (κ2) is 4.80. The molecule has 1 fully saturated rings. The topological polar surface area (TPSA) is 12.0 Å². The molecule has 1 aliphatic heterocycles. The maximum absolute atomic E-state index is 3.41. The van der Waals surface area contributed by atoms with Gasteiger partial charge in [0, 0.05) is 0 Å². The molecule has 1 nitrogen and oxygen atoms in total. The number of rotatable bonds is 2. The van der Waals surface area contributed by atoms with Crippen molar-refractivity contribution in [3.63, 3.8) is 0 Å². The highest BCUT2D eigenvalue weighted by atomic mass is 14.9. The summed E-state index contributed by atoms with van der Waals surface area (Å²) in [6, 6.07) is 0. The Morgan fingerprint density at radius 1 is 1.00 bits per heavy atom. The highest BCUT2D eigenvalue weighted by Gasteiger charge is 2.15. The molecule has 1 aliphatic rings. The fourth-order valence-corrected chi connectivity index (χ4v) is 2.50. The Morgan fingerprint density at radius 3 is 1.85 bits per heavy atom. The molecule has 0 atom stereocenters. The normalized spacial score (nSPS) is 18.5. The molecule has 0 bridgehead atoms. The molecule has 0 radical (unpaired) electrons. The molecule has 0 aromatic rings. The Morgan fingerprint density at radius 2 is 1.46 bits per heavy atom. The van der Waals surface area contributed by atoms with Crippen molar-refractivity contribution in [2.24, 2.45) is 11.8 Å². The third-order valence-corrected chi connectivity index (χ3v) is 2.86. The van der Waals surface area contributed by atoms with E-state index in [-0.39, 0.29) is 0 Å². The summed E-state index contributed by atoms with van der Waals surface area (Å²) in [7, 11) is 0. The third kappa shape index (κ3) is 2.84. The quantitative estimate of drug-likeness (QED) is 0.646. The van der Waals surface area contributed by atoms with Gasteiger partial charge in [-0.25, -0.2) is 0 Å². The minimum atomic E-state index is 0.730. The fourth-order valence-electron chi connectivity index (χ4n) is 2.50. The molecule has 1 saturated heterocycles. The maximum atomic E-state index is 3.41. The van der Waals surface area contributed by atoms with Gasteiger partial charge in [-0.15, -0.1) is 0 Å². The molecule has 0 aromatic heterocycles. The molecule has 0 amide bonds. The van der Waals surface area contributed by atoms with Gasteiger partial charge in [-0.2, -0.15) is 0 Å². The number of hydrogen-bond donors (Lipinski definition) is 1. The summed E-state index contributed by atoms with van der Waals surface area (Å²) in [5.74, 6) is 1.46. The van der Waals surface area contributed by atoms with Crippen LogP contribution in [-0.2, 0) is 0 Å². The summed E-state index contributed by atoms with van der Waals surface area (Å²) in [5.41, 5.74) is 3.44. The van der Waals surface area contributed by atoms with Crippen LogP contribution in [0.3, 0.4) is 0 Å². The molecular formula is C12H23N. The maximum Gasteiger partial charge on any atom is -0.00114 e. The van der Waals surface area contributed by atoms with E-state index in [1.54, 1.807) is 11.1 Å². The Balaban J connectivity index is 2.80. The molecular weight excluding hydrogens is 158 g/mol. The van der Waals surface area contributed by atoms with Crippen molar-refractivity contribution in [1.82, 2.24) is 5.32 Å². The average molecular weight is 181 g/mol. The first-order valence-corrected chi connectivity index (χ1v) is 5.55. The Labute approximate surface area is 82.6 Å². The van der Waals surface area contributed by atoms with Crippen molar-refractivity contribution in [3.05, 3.63) is 11.1 Å². The van der Waals surface area contributed by atoms with Gasteiger partial charge in [0.2, 0.25) is 0 Å². The molecule has 0 unspecified atom stereocenters. The van der Waals surface area contributed by atoms with Gasteiger partial charge in [0.25, 0.3) is 0 Å². The zero-order chi connectivity index (χ0) is 9.84. The van der Waals surface area contributed by atoms with E-state index in [2.05, 4.69) is 33.0 Å².